The maximum atomic E-state index is 14.8. The molecule has 10 rings (SSSR count). The molecule has 4 heterocycles. The minimum Gasteiger partial charge on any atom is -0.456 e. The third-order valence-electron chi connectivity index (χ3n) is 15.8. The number of nitrogens with zero attached hydrogens (tertiary/aromatic N) is 2. The molecule has 0 aliphatic rings. The first-order chi connectivity index (χ1) is 34.3. The van der Waals surface area contributed by atoms with Gasteiger partial charge in [-0.15, -0.1) is 11.3 Å². The van der Waals surface area contributed by atoms with Gasteiger partial charge in [0.05, 0.1) is 0 Å². The molecule has 362 valence electrons. The van der Waals surface area contributed by atoms with Crippen molar-refractivity contribution >= 4 is 96.5 Å². The molecule has 0 saturated carbocycles. The second kappa shape index (κ2) is 21.2. The zero-order chi connectivity index (χ0) is 48.3. The van der Waals surface area contributed by atoms with Gasteiger partial charge in [0, 0.05) is 76.4 Å². The van der Waals surface area contributed by atoms with Gasteiger partial charge < -0.3 is 4.42 Å². The monoisotopic (exact) mass is 952 g/mol. The highest BCUT2D eigenvalue weighted by molar-refractivity contribution is 7.25. The quantitative estimate of drug-likeness (QED) is 0.0342. The van der Waals surface area contributed by atoms with E-state index in [0.29, 0.717) is 40.2 Å². The standard InChI is InChI=1S/C62H68N2O5S/c1-4-7-9-10-11-12-14-17-25-41(26-18-15-13-16-23-37-63-59(65)45-32-31-43-42-27-20-22-30-52(42)70-53-36-34-47(60(63)66)55(45)57(43)53)48-38-49-56-46(61(67)64(62(49)68)39-40(6-3)24-8-5-2)33-35-51-58(56)54(48)44-28-19-21-29-50(44)69-51/h19-22,27-36,38,40-41H,4-18,23-26,37,39H2,1-3H3. The molecule has 0 bridgehead atoms. The lowest BCUT2D eigenvalue weighted by molar-refractivity contribution is 0.382. The topological polar surface area (TPSA) is 91.3 Å². The summed E-state index contributed by atoms with van der Waals surface area (Å²) in [7, 11) is 0. The van der Waals surface area contributed by atoms with Crippen molar-refractivity contribution in [3.05, 3.63) is 138 Å². The molecule has 70 heavy (non-hydrogen) atoms. The van der Waals surface area contributed by atoms with Gasteiger partial charge in [0.2, 0.25) is 0 Å². The van der Waals surface area contributed by atoms with E-state index in [0.717, 1.165) is 130 Å². The summed E-state index contributed by atoms with van der Waals surface area (Å²) in [6.07, 6.45) is 20.8. The predicted molar refractivity (Wildman–Crippen MR) is 297 cm³/mol. The number of benzene rings is 6. The van der Waals surface area contributed by atoms with Crippen LogP contribution in [-0.4, -0.2) is 9.13 Å². The molecule has 4 aromatic heterocycles. The summed E-state index contributed by atoms with van der Waals surface area (Å²) in [5.74, 6) is 0.475. The maximum Gasteiger partial charge on any atom is 0.261 e. The number of aromatic nitrogens is 2. The third kappa shape index (κ3) is 8.95. The molecule has 2 atom stereocenters. The third-order valence-corrected chi connectivity index (χ3v) is 17.0. The summed E-state index contributed by atoms with van der Waals surface area (Å²) >= 11 is 1.71. The van der Waals surface area contributed by atoms with Crippen molar-refractivity contribution in [2.24, 2.45) is 5.92 Å². The number of pyridine rings is 2. The van der Waals surface area contributed by atoms with E-state index in [1.54, 1.807) is 15.9 Å². The van der Waals surface area contributed by atoms with Crippen LogP contribution in [0.1, 0.15) is 154 Å². The Morgan fingerprint density at radius 3 is 1.73 bits per heavy atom. The number of rotatable bonds is 24. The number of unbranched alkanes of at least 4 members (excludes halogenated alkanes) is 12. The lowest BCUT2D eigenvalue weighted by Crippen LogP contribution is -2.35. The van der Waals surface area contributed by atoms with Gasteiger partial charge >= 0.3 is 0 Å². The Morgan fingerprint density at radius 1 is 0.443 bits per heavy atom. The summed E-state index contributed by atoms with van der Waals surface area (Å²) in [5.41, 5.74) is 1.96. The van der Waals surface area contributed by atoms with Gasteiger partial charge in [-0.3, -0.25) is 28.3 Å². The Morgan fingerprint density at radius 2 is 1.01 bits per heavy atom. The number of para-hydroxylation sites is 1. The van der Waals surface area contributed by atoms with Gasteiger partial charge in [-0.1, -0.05) is 160 Å². The largest absolute Gasteiger partial charge is 0.456 e. The summed E-state index contributed by atoms with van der Waals surface area (Å²) in [4.78, 5) is 57.3. The van der Waals surface area contributed by atoms with Gasteiger partial charge in [0.1, 0.15) is 11.2 Å². The molecule has 0 aliphatic heterocycles. The Kier molecular flexibility index (Phi) is 14.5. The van der Waals surface area contributed by atoms with Gasteiger partial charge in [-0.25, -0.2) is 0 Å². The highest BCUT2D eigenvalue weighted by atomic mass is 32.1. The molecule has 7 nitrogen and oxygen atoms in total. The Balaban J connectivity index is 0.921. The summed E-state index contributed by atoms with van der Waals surface area (Å²) in [5, 5.41) is 10.3. The van der Waals surface area contributed by atoms with E-state index in [1.807, 2.05) is 42.5 Å². The SMILES string of the molecule is CCCCCCCCCCC(CCCCCCCn1c(=O)c2ccc3sc4ccccc4c4ccc(c1=O)c2c34)c1cc2c(=O)n(CC(CC)CCCC)c(=O)c3ccc4oc5ccccc5c1c4c32. The van der Waals surface area contributed by atoms with Crippen molar-refractivity contribution < 1.29 is 4.42 Å². The van der Waals surface area contributed by atoms with Crippen molar-refractivity contribution in [2.75, 3.05) is 0 Å². The molecule has 0 fully saturated rings. The molecule has 10 aromatic rings. The van der Waals surface area contributed by atoms with Crippen LogP contribution in [0.5, 0.6) is 0 Å². The van der Waals surface area contributed by atoms with Crippen LogP contribution >= 0.6 is 11.3 Å². The van der Waals surface area contributed by atoms with E-state index in [-0.39, 0.29) is 34.1 Å². The maximum absolute atomic E-state index is 14.8. The Labute approximate surface area is 413 Å². The van der Waals surface area contributed by atoms with Crippen molar-refractivity contribution in [3.8, 4) is 0 Å². The highest BCUT2D eigenvalue weighted by Gasteiger charge is 2.26. The predicted octanol–water partition coefficient (Wildman–Crippen LogP) is 16.4. The summed E-state index contributed by atoms with van der Waals surface area (Å²) < 4.78 is 11.9. The summed E-state index contributed by atoms with van der Waals surface area (Å²) in [6.45, 7) is 7.47. The Hall–Kier alpha value is -5.86. The van der Waals surface area contributed by atoms with E-state index < -0.39 is 0 Å². The average molecular weight is 953 g/mol. The first-order valence-corrected chi connectivity index (χ1v) is 27.6. The van der Waals surface area contributed by atoms with Crippen molar-refractivity contribution in [1.82, 2.24) is 9.13 Å². The van der Waals surface area contributed by atoms with E-state index >= 15 is 0 Å². The second-order valence-corrected chi connectivity index (χ2v) is 21.5. The normalized spacial score (nSPS) is 13.2. The number of hydrogen-bond donors (Lipinski definition) is 0. The van der Waals surface area contributed by atoms with Gasteiger partial charge in [0.25, 0.3) is 22.2 Å². The van der Waals surface area contributed by atoms with E-state index in [1.165, 1.54) is 59.8 Å². The Bertz CT molecular complexity index is 3680. The molecule has 0 spiro atoms. The zero-order valence-electron chi connectivity index (χ0n) is 41.5. The first-order valence-electron chi connectivity index (χ1n) is 26.8. The molecule has 0 N–H and O–H groups in total. The van der Waals surface area contributed by atoms with Crippen LogP contribution in [0, 0.1) is 5.92 Å². The van der Waals surface area contributed by atoms with Crippen LogP contribution in [0.2, 0.25) is 0 Å². The second-order valence-electron chi connectivity index (χ2n) is 20.4. The lowest BCUT2D eigenvalue weighted by atomic mass is 9.82. The van der Waals surface area contributed by atoms with Crippen molar-refractivity contribution in [2.45, 2.75) is 162 Å². The van der Waals surface area contributed by atoms with Crippen molar-refractivity contribution in [3.63, 3.8) is 0 Å². The fraction of sp³-hybridized carbons (Fsp3) is 0.419. The number of hydrogen-bond acceptors (Lipinski definition) is 6. The van der Waals surface area contributed by atoms with E-state index in [2.05, 4.69) is 69.3 Å². The molecule has 0 saturated heterocycles. The first kappa shape index (κ1) is 47.8. The summed E-state index contributed by atoms with van der Waals surface area (Å²) in [6, 6.07) is 30.6. The van der Waals surface area contributed by atoms with E-state index in [4.69, 9.17) is 4.42 Å². The highest BCUT2D eigenvalue weighted by Crippen LogP contribution is 2.44. The average Bonchev–Trinajstić information content (AvgIpc) is 3.38. The molecular formula is C62H68N2O5S. The minimum absolute atomic E-state index is 0.179. The smallest absolute Gasteiger partial charge is 0.261 e. The van der Waals surface area contributed by atoms with E-state index in [9.17, 15) is 19.2 Å². The van der Waals surface area contributed by atoms with Gasteiger partial charge in [-0.05, 0) is 102 Å². The van der Waals surface area contributed by atoms with Crippen LogP contribution in [-0.2, 0) is 13.1 Å². The fourth-order valence-electron chi connectivity index (χ4n) is 12.0. The molecule has 0 radical (unpaired) electrons. The van der Waals surface area contributed by atoms with Gasteiger partial charge in [-0.2, -0.15) is 0 Å². The van der Waals surface area contributed by atoms with Crippen LogP contribution < -0.4 is 22.2 Å². The molecule has 2 unspecified atom stereocenters. The fourth-order valence-corrected chi connectivity index (χ4v) is 13.1. The van der Waals surface area contributed by atoms with Crippen LogP contribution in [0.25, 0.3) is 85.2 Å². The van der Waals surface area contributed by atoms with Gasteiger partial charge in [0.15, 0.2) is 0 Å². The molecule has 8 heteroatoms. The zero-order valence-corrected chi connectivity index (χ0v) is 42.3. The van der Waals surface area contributed by atoms with Crippen molar-refractivity contribution in [1.29, 1.82) is 0 Å². The lowest BCUT2D eigenvalue weighted by Gasteiger charge is -2.24. The molecule has 0 aliphatic carbocycles. The molecule has 0 amide bonds. The molecule has 6 aromatic carbocycles. The van der Waals surface area contributed by atoms with Crippen LogP contribution in [0.15, 0.2) is 115 Å². The number of fused-ring (bicyclic) bond motifs is 4. The van der Waals surface area contributed by atoms with Crippen LogP contribution in [0.3, 0.4) is 0 Å². The molecular weight excluding hydrogens is 885 g/mol. The van der Waals surface area contributed by atoms with Crippen LogP contribution in [0.4, 0.5) is 0 Å². The minimum atomic E-state index is -0.197.